The van der Waals surface area contributed by atoms with Crippen molar-refractivity contribution in [1.29, 1.82) is 0 Å². The second-order valence-corrected chi connectivity index (χ2v) is 8.06. The second-order valence-electron chi connectivity index (χ2n) is 4.77. The van der Waals surface area contributed by atoms with Crippen LogP contribution >= 0.6 is 0 Å². The summed E-state index contributed by atoms with van der Waals surface area (Å²) in [4.78, 5) is 5.94. The number of hydrogen-bond acceptors (Lipinski definition) is 3. The van der Waals surface area contributed by atoms with Gasteiger partial charge in [-0.2, -0.15) is 0 Å². The number of fused-ring (bicyclic) bond motifs is 1. The van der Waals surface area contributed by atoms with Crippen LogP contribution < -0.4 is 8.32 Å². The molecular weight excluding hydrogens is 343 g/mol. The molecule has 0 spiro atoms. The molecule has 19 heavy (non-hydrogen) atoms. The zero-order chi connectivity index (χ0) is 14.1. The fourth-order valence-electron chi connectivity index (χ4n) is 1.29. The van der Waals surface area contributed by atoms with Gasteiger partial charge in [0.25, 0.3) is 0 Å². The van der Waals surface area contributed by atoms with Gasteiger partial charge in [0.15, 0.2) is 0 Å². The first kappa shape index (κ1) is 16.0. The van der Waals surface area contributed by atoms with Crippen molar-refractivity contribution >= 4 is 26.1 Å². The van der Waals surface area contributed by atoms with Gasteiger partial charge in [0.2, 0.25) is 0 Å². The Balaban J connectivity index is 0.000000152. The maximum absolute atomic E-state index is 5.08. The molecule has 3 rings (SSSR count). The minimum absolute atomic E-state index is 0.646. The number of para-hydroxylation sites is 1. The number of pyridine rings is 1. The van der Waals surface area contributed by atoms with Crippen molar-refractivity contribution in [3.63, 3.8) is 0 Å². The van der Waals surface area contributed by atoms with Crippen LogP contribution in [-0.4, -0.2) is 53.6 Å². The van der Waals surface area contributed by atoms with Crippen molar-refractivity contribution in [2.45, 2.75) is 6.61 Å². The van der Waals surface area contributed by atoms with E-state index in [1.807, 2.05) is 56.5 Å². The molecule has 0 saturated carbocycles. The van der Waals surface area contributed by atoms with Gasteiger partial charge in [-0.15, -0.1) is 0 Å². The van der Waals surface area contributed by atoms with Crippen molar-refractivity contribution in [2.24, 2.45) is 0 Å². The van der Waals surface area contributed by atoms with E-state index in [2.05, 4.69) is 17.1 Å². The first-order valence-corrected chi connectivity index (χ1v) is 9.13. The van der Waals surface area contributed by atoms with E-state index in [-0.39, 0.29) is 0 Å². The zero-order valence-electron chi connectivity index (χ0n) is 12.1. The third-order valence-electron chi connectivity index (χ3n) is 2.17. The van der Waals surface area contributed by atoms with Crippen LogP contribution in [0.5, 0.6) is 5.75 Å². The van der Waals surface area contributed by atoms with E-state index in [9.17, 15) is 0 Å². The Morgan fingerprint density at radius 2 is 1.79 bits per heavy atom. The molecule has 0 atom stereocenters. The van der Waals surface area contributed by atoms with Crippen molar-refractivity contribution in [3.8, 4) is 5.75 Å². The van der Waals surface area contributed by atoms with Gasteiger partial charge in [-0.3, -0.25) is 0 Å². The molecule has 0 N–H and O–H groups in total. The molecule has 2 heterocycles. The molecule has 3 nitrogen and oxygen atoms in total. The Kier molecular flexibility index (Phi) is 7.51. The van der Waals surface area contributed by atoms with E-state index in [1.54, 1.807) is 6.20 Å². The van der Waals surface area contributed by atoms with Gasteiger partial charge in [0.05, 0.1) is 0 Å². The van der Waals surface area contributed by atoms with Crippen LogP contribution in [0, 0.1) is 0 Å². The van der Waals surface area contributed by atoms with Crippen LogP contribution in [0.2, 0.25) is 0 Å². The summed E-state index contributed by atoms with van der Waals surface area (Å²) in [5.74, 6) is 1.05. The largest absolute Gasteiger partial charge is 0.488 e. The topological polar surface area (TPSA) is 25.4 Å². The van der Waals surface area contributed by atoms with Gasteiger partial charge < -0.3 is 9.64 Å². The van der Waals surface area contributed by atoms with Crippen LogP contribution in [0.3, 0.4) is 0 Å². The van der Waals surface area contributed by atoms with E-state index in [1.165, 1.54) is 9.14 Å². The van der Waals surface area contributed by atoms with Gasteiger partial charge in [0.1, 0.15) is 12.4 Å². The first-order chi connectivity index (χ1) is 9.09. The fourth-order valence-corrected chi connectivity index (χ4v) is 2.26. The third kappa shape index (κ3) is 7.18. The summed E-state index contributed by atoms with van der Waals surface area (Å²) in [5.41, 5.74) is 1.33. The Hall–Kier alpha value is -1.07. The molecule has 0 unspecified atom stereocenters. The second kappa shape index (κ2) is 8.93. The van der Waals surface area contributed by atoms with Crippen molar-refractivity contribution in [3.05, 3.63) is 54.4 Å². The summed E-state index contributed by atoms with van der Waals surface area (Å²) in [7, 11) is 6.00. The van der Waals surface area contributed by atoms with Gasteiger partial charge in [-0.1, -0.05) is 18.2 Å². The number of hydrogen-bond donors (Lipinski definition) is 0. The Morgan fingerprint density at radius 1 is 1.11 bits per heavy atom. The first-order valence-electron chi connectivity index (χ1n) is 6.28. The van der Waals surface area contributed by atoms with Gasteiger partial charge in [-0.25, -0.2) is 0 Å². The molecule has 0 aliphatic carbocycles. The average molecular weight is 365 g/mol. The molecule has 4 heteroatoms. The molecule has 0 radical (unpaired) electrons. The van der Waals surface area contributed by atoms with E-state index < -0.39 is 0 Å². The molecule has 1 aliphatic heterocycles. The maximum atomic E-state index is 5.08. The number of ether oxygens (including phenoxy) is 1. The van der Waals surface area contributed by atoms with Crippen LogP contribution in [0.15, 0.2) is 48.8 Å². The number of nitrogens with zero attached hydrogens (tertiary/aromatic N) is 2. The molecule has 0 saturated heterocycles. The summed E-state index contributed by atoms with van der Waals surface area (Å²) in [6, 6.07) is 12.2. The SMILES string of the molecule is CN(C)C.[SnH3][c]1cccnc1.c1ccc2c(c1)CO2. The van der Waals surface area contributed by atoms with Gasteiger partial charge in [0, 0.05) is 5.56 Å². The van der Waals surface area contributed by atoms with Crippen LogP contribution in [0.1, 0.15) is 5.56 Å². The smallest absolute Gasteiger partial charge is 0.126 e. The molecule has 1 aliphatic rings. The zero-order valence-corrected chi connectivity index (χ0v) is 17.8. The predicted molar refractivity (Wildman–Crippen MR) is 84.2 cm³/mol. The minimum atomic E-state index is 0.646. The molecule has 0 fully saturated rings. The Bertz CT molecular complexity index is 449. The van der Waals surface area contributed by atoms with Gasteiger partial charge >= 0.3 is 55.6 Å². The Morgan fingerprint density at radius 3 is 2.05 bits per heavy atom. The quantitative estimate of drug-likeness (QED) is 0.647. The van der Waals surface area contributed by atoms with Crippen molar-refractivity contribution in [1.82, 2.24) is 9.88 Å². The molecule has 1 aromatic heterocycles. The van der Waals surface area contributed by atoms with Crippen molar-refractivity contribution < 1.29 is 4.74 Å². The number of benzene rings is 1. The normalized spacial score (nSPS) is 10.9. The standard InChI is InChI=1S/C7H6O.C5H4N.C3H9N.Sn.3H/c1-2-4-7-6(3-1)5-8-7;1-2-4-6-5-3-1;1-4(2)3;;;;/h1-4H,5H2;1-2,4-5H;1-3H3;;;;. The molecule has 102 valence electrons. The van der Waals surface area contributed by atoms with E-state index in [0.717, 1.165) is 12.4 Å². The summed E-state index contributed by atoms with van der Waals surface area (Å²) in [5, 5.41) is 0. The molecule has 0 bridgehead atoms. The van der Waals surface area contributed by atoms with Crippen LogP contribution in [0.4, 0.5) is 0 Å². The van der Waals surface area contributed by atoms with Gasteiger partial charge in [-0.05, 0) is 27.2 Å². The van der Waals surface area contributed by atoms with E-state index in [4.69, 9.17) is 4.74 Å². The number of rotatable bonds is 0. The summed E-state index contributed by atoms with van der Waals surface area (Å²) >= 11 is 0.646. The predicted octanol–water partition coefficient (Wildman–Crippen LogP) is 0.829. The minimum Gasteiger partial charge on any atom is -0.488 e. The molecular formula is C15H22N2OSn. The van der Waals surface area contributed by atoms with Crippen LogP contribution in [-0.2, 0) is 6.61 Å². The van der Waals surface area contributed by atoms with Crippen molar-refractivity contribution in [2.75, 3.05) is 21.1 Å². The maximum Gasteiger partial charge on any atom is 0.126 e. The molecule has 0 amide bonds. The summed E-state index contributed by atoms with van der Waals surface area (Å²) in [6.07, 6.45) is 3.73. The summed E-state index contributed by atoms with van der Waals surface area (Å²) < 4.78 is 6.50. The van der Waals surface area contributed by atoms with E-state index >= 15 is 0 Å². The third-order valence-corrected chi connectivity index (χ3v) is 3.85. The molecule has 1 aromatic carbocycles. The molecule has 2 aromatic rings. The van der Waals surface area contributed by atoms with Crippen LogP contribution in [0.25, 0.3) is 0 Å². The average Bonchev–Trinajstić information content (AvgIpc) is 2.32. The summed E-state index contributed by atoms with van der Waals surface area (Å²) in [6.45, 7) is 0.802. The number of aromatic nitrogens is 1. The fraction of sp³-hybridized carbons (Fsp3) is 0.267. The Labute approximate surface area is 128 Å². The van der Waals surface area contributed by atoms with E-state index in [0.29, 0.717) is 22.5 Å². The monoisotopic (exact) mass is 366 g/mol.